The maximum absolute atomic E-state index is 14.3. The number of rotatable bonds is 3. The molecule has 0 aromatic heterocycles. The zero-order valence-electron chi connectivity index (χ0n) is 15.9. The highest BCUT2D eigenvalue weighted by Crippen LogP contribution is 2.30. The fourth-order valence-corrected chi connectivity index (χ4v) is 4.20. The van der Waals surface area contributed by atoms with E-state index in [2.05, 4.69) is 4.90 Å². The van der Waals surface area contributed by atoms with Gasteiger partial charge < -0.3 is 4.90 Å². The van der Waals surface area contributed by atoms with Crippen molar-refractivity contribution in [2.45, 2.75) is 24.9 Å². The number of anilines is 1. The van der Waals surface area contributed by atoms with Gasteiger partial charge in [-0.05, 0) is 31.7 Å². The van der Waals surface area contributed by atoms with E-state index in [0.717, 1.165) is 5.69 Å². The third kappa shape index (κ3) is 3.40. The van der Waals surface area contributed by atoms with Crippen LogP contribution in [0, 0.1) is 5.82 Å². The molecule has 2 unspecified atom stereocenters. The van der Waals surface area contributed by atoms with Crippen LogP contribution in [0.5, 0.6) is 0 Å². The molecular weight excluding hydrogens is 357 g/mol. The Labute approximate surface area is 164 Å². The molecule has 6 heteroatoms. The highest BCUT2D eigenvalue weighted by molar-refractivity contribution is 6.03. The van der Waals surface area contributed by atoms with E-state index in [0.29, 0.717) is 38.0 Å². The fraction of sp³-hybridized carbons (Fsp3) is 0.364. The number of para-hydroxylation sites is 1. The maximum atomic E-state index is 14.3. The van der Waals surface area contributed by atoms with Crippen molar-refractivity contribution in [3.05, 3.63) is 66.0 Å². The molecule has 4 rings (SSSR count). The van der Waals surface area contributed by atoms with Crippen molar-refractivity contribution in [3.8, 4) is 0 Å². The molecule has 0 bridgehead atoms. The molecule has 2 aromatic rings. The minimum atomic E-state index is -0.487. The minimum Gasteiger partial charge on any atom is -0.338 e. The van der Waals surface area contributed by atoms with Gasteiger partial charge >= 0.3 is 0 Å². The van der Waals surface area contributed by atoms with Gasteiger partial charge in [-0.1, -0.05) is 36.4 Å². The van der Waals surface area contributed by atoms with Gasteiger partial charge in [-0.2, -0.15) is 0 Å². The zero-order chi connectivity index (χ0) is 19.7. The lowest BCUT2D eigenvalue weighted by molar-refractivity contribution is -0.135. The largest absolute Gasteiger partial charge is 0.338 e. The molecule has 2 heterocycles. The summed E-state index contributed by atoms with van der Waals surface area (Å²) in [7, 11) is 1.95. The van der Waals surface area contributed by atoms with E-state index in [-0.39, 0.29) is 23.7 Å². The normalized spacial score (nSPS) is 23.3. The first-order valence-electron chi connectivity index (χ1n) is 9.67. The molecule has 2 amide bonds. The number of hydrogen-bond donors (Lipinski definition) is 0. The molecule has 2 aromatic carbocycles. The molecule has 146 valence electrons. The summed E-state index contributed by atoms with van der Waals surface area (Å²) in [6, 6.07) is 15.4. The van der Waals surface area contributed by atoms with Crippen molar-refractivity contribution in [1.29, 1.82) is 0 Å². The molecule has 2 atom stereocenters. The van der Waals surface area contributed by atoms with Crippen molar-refractivity contribution in [1.82, 2.24) is 9.80 Å². The Morgan fingerprint density at radius 1 is 1.04 bits per heavy atom. The molecule has 2 aliphatic rings. The molecule has 0 N–H and O–H groups in total. The molecule has 2 saturated heterocycles. The SMILES string of the molecule is CN1CCN(C(=O)C2CCC(=O)N2c2ccccc2)CC1c1ccccc1F. The summed E-state index contributed by atoms with van der Waals surface area (Å²) in [4.78, 5) is 31.3. The number of amides is 2. The van der Waals surface area contributed by atoms with Crippen LogP contribution in [0.2, 0.25) is 0 Å². The van der Waals surface area contributed by atoms with Gasteiger partial charge in [0.1, 0.15) is 11.9 Å². The van der Waals surface area contributed by atoms with E-state index in [1.165, 1.54) is 6.07 Å². The Morgan fingerprint density at radius 3 is 2.50 bits per heavy atom. The van der Waals surface area contributed by atoms with Gasteiger partial charge in [0, 0.05) is 37.3 Å². The molecule has 0 radical (unpaired) electrons. The van der Waals surface area contributed by atoms with E-state index in [4.69, 9.17) is 0 Å². The van der Waals surface area contributed by atoms with E-state index >= 15 is 0 Å². The molecule has 0 aliphatic carbocycles. The van der Waals surface area contributed by atoms with Crippen molar-refractivity contribution in [2.24, 2.45) is 0 Å². The van der Waals surface area contributed by atoms with E-state index in [1.54, 1.807) is 21.9 Å². The standard InChI is InChI=1S/C22H24FN3O2/c1-24-13-14-25(15-20(24)17-9-5-6-10-18(17)23)22(28)19-11-12-21(27)26(19)16-7-3-2-4-8-16/h2-10,19-20H,11-15H2,1H3. The van der Waals surface area contributed by atoms with Crippen LogP contribution in [0.4, 0.5) is 10.1 Å². The number of piperazine rings is 1. The molecule has 0 spiro atoms. The Kier molecular flexibility index (Phi) is 5.13. The topological polar surface area (TPSA) is 43.9 Å². The number of likely N-dealkylation sites (N-methyl/N-ethyl adjacent to an activating group) is 1. The molecule has 2 aliphatic heterocycles. The predicted molar refractivity (Wildman–Crippen MR) is 105 cm³/mol. The van der Waals surface area contributed by atoms with Crippen LogP contribution in [-0.2, 0) is 9.59 Å². The number of carbonyl (C=O) groups excluding carboxylic acids is 2. The Bertz CT molecular complexity index is 873. The van der Waals surface area contributed by atoms with Crippen LogP contribution in [0.3, 0.4) is 0 Å². The van der Waals surface area contributed by atoms with Crippen molar-refractivity contribution in [3.63, 3.8) is 0 Å². The molecule has 2 fully saturated rings. The number of hydrogen-bond acceptors (Lipinski definition) is 3. The van der Waals surface area contributed by atoms with Crippen LogP contribution in [0.15, 0.2) is 54.6 Å². The van der Waals surface area contributed by atoms with Gasteiger partial charge in [0.2, 0.25) is 11.8 Å². The first-order chi connectivity index (χ1) is 13.6. The summed E-state index contributed by atoms with van der Waals surface area (Å²) in [5.41, 5.74) is 1.35. The van der Waals surface area contributed by atoms with Crippen LogP contribution >= 0.6 is 0 Å². The third-order valence-corrected chi connectivity index (χ3v) is 5.76. The Morgan fingerprint density at radius 2 is 1.75 bits per heavy atom. The predicted octanol–water partition coefficient (Wildman–Crippen LogP) is 2.84. The average molecular weight is 381 g/mol. The minimum absolute atomic E-state index is 0.0238. The summed E-state index contributed by atoms with van der Waals surface area (Å²) >= 11 is 0. The molecule has 5 nitrogen and oxygen atoms in total. The molecular formula is C22H24FN3O2. The lowest BCUT2D eigenvalue weighted by Crippen LogP contribution is -2.54. The van der Waals surface area contributed by atoms with E-state index in [1.807, 2.05) is 43.4 Å². The second kappa shape index (κ2) is 7.72. The number of carbonyl (C=O) groups is 2. The summed E-state index contributed by atoms with van der Waals surface area (Å²) in [5.74, 6) is -0.330. The summed E-state index contributed by atoms with van der Waals surface area (Å²) in [5, 5.41) is 0. The van der Waals surface area contributed by atoms with Crippen LogP contribution < -0.4 is 4.90 Å². The Balaban J connectivity index is 1.56. The second-order valence-corrected chi connectivity index (χ2v) is 7.46. The zero-order valence-corrected chi connectivity index (χ0v) is 15.9. The lowest BCUT2D eigenvalue weighted by Gasteiger charge is -2.41. The van der Waals surface area contributed by atoms with E-state index < -0.39 is 6.04 Å². The third-order valence-electron chi connectivity index (χ3n) is 5.76. The van der Waals surface area contributed by atoms with Crippen molar-refractivity contribution >= 4 is 17.5 Å². The number of halogens is 1. The summed E-state index contributed by atoms with van der Waals surface area (Å²) in [6.07, 6.45) is 0.888. The van der Waals surface area contributed by atoms with Crippen LogP contribution in [-0.4, -0.2) is 54.3 Å². The number of nitrogens with zero attached hydrogens (tertiary/aromatic N) is 3. The smallest absolute Gasteiger partial charge is 0.245 e. The van der Waals surface area contributed by atoms with Gasteiger partial charge in [0.15, 0.2) is 0 Å². The second-order valence-electron chi connectivity index (χ2n) is 7.46. The maximum Gasteiger partial charge on any atom is 0.245 e. The van der Waals surface area contributed by atoms with Crippen LogP contribution in [0.1, 0.15) is 24.4 Å². The van der Waals surface area contributed by atoms with Gasteiger partial charge in [-0.15, -0.1) is 0 Å². The molecule has 28 heavy (non-hydrogen) atoms. The summed E-state index contributed by atoms with van der Waals surface area (Å²) in [6.45, 7) is 1.66. The quantitative estimate of drug-likeness (QED) is 0.821. The highest BCUT2D eigenvalue weighted by atomic mass is 19.1. The molecule has 0 saturated carbocycles. The average Bonchev–Trinajstić information content (AvgIpc) is 3.10. The van der Waals surface area contributed by atoms with E-state index in [9.17, 15) is 14.0 Å². The van der Waals surface area contributed by atoms with Gasteiger partial charge in [0.05, 0.1) is 6.04 Å². The first kappa shape index (κ1) is 18.6. The fourth-order valence-electron chi connectivity index (χ4n) is 4.20. The summed E-state index contributed by atoms with van der Waals surface area (Å²) < 4.78 is 14.3. The van der Waals surface area contributed by atoms with Gasteiger partial charge in [-0.3, -0.25) is 19.4 Å². The highest BCUT2D eigenvalue weighted by Gasteiger charge is 2.41. The van der Waals surface area contributed by atoms with Crippen molar-refractivity contribution < 1.29 is 14.0 Å². The first-order valence-corrected chi connectivity index (χ1v) is 9.67. The van der Waals surface area contributed by atoms with Gasteiger partial charge in [0.25, 0.3) is 0 Å². The van der Waals surface area contributed by atoms with Crippen molar-refractivity contribution in [2.75, 3.05) is 31.6 Å². The number of benzene rings is 2. The lowest BCUT2D eigenvalue weighted by atomic mass is 10.0. The Hall–Kier alpha value is -2.73. The monoisotopic (exact) mass is 381 g/mol. The van der Waals surface area contributed by atoms with Crippen LogP contribution in [0.25, 0.3) is 0 Å². The van der Waals surface area contributed by atoms with Gasteiger partial charge in [-0.25, -0.2) is 4.39 Å².